The summed E-state index contributed by atoms with van der Waals surface area (Å²) in [5.74, 6) is 0. The summed E-state index contributed by atoms with van der Waals surface area (Å²) >= 11 is 3.63. The van der Waals surface area contributed by atoms with Crippen molar-refractivity contribution in [3.8, 4) is 0 Å². The van der Waals surface area contributed by atoms with E-state index in [0.717, 1.165) is 17.3 Å². The Bertz CT molecular complexity index is 1050. The van der Waals surface area contributed by atoms with E-state index in [9.17, 15) is 0 Å². The van der Waals surface area contributed by atoms with E-state index in [1.165, 1.54) is 39.7 Å². The molecular weight excluding hydrogens is 408 g/mol. The predicted molar refractivity (Wildman–Crippen MR) is 120 cm³/mol. The van der Waals surface area contributed by atoms with Crippen molar-refractivity contribution in [2.24, 2.45) is 0 Å². The molecule has 0 spiro atoms. The second-order valence-corrected chi connectivity index (χ2v) is 8.49. The Kier molecular flexibility index (Phi) is 4.79. The second-order valence-electron chi connectivity index (χ2n) is 7.57. The van der Waals surface area contributed by atoms with E-state index in [0.29, 0.717) is 6.04 Å². The van der Waals surface area contributed by atoms with Crippen molar-refractivity contribution in [3.05, 3.63) is 106 Å². The summed E-state index contributed by atoms with van der Waals surface area (Å²) in [5, 5.41) is 5.33. The number of hydrogen-bond acceptors (Lipinski definition) is 1. The third-order valence-corrected chi connectivity index (χ3v) is 6.30. The predicted octanol–water partition coefficient (Wildman–Crippen LogP) is 6.69. The minimum Gasteiger partial charge on any atom is -0.357 e. The van der Waals surface area contributed by atoms with Gasteiger partial charge in [-0.25, -0.2) is 0 Å². The quantitative estimate of drug-likeness (QED) is 0.370. The van der Waals surface area contributed by atoms with Crippen LogP contribution in [0.5, 0.6) is 0 Å². The Balaban J connectivity index is 1.55. The number of fused-ring (bicyclic) bond motifs is 3. The van der Waals surface area contributed by atoms with Gasteiger partial charge in [-0.2, -0.15) is 0 Å². The molecular formula is C25H23BrN2. The molecule has 0 radical (unpaired) electrons. The molecule has 1 aromatic heterocycles. The number of aryl methyl sites for hydroxylation is 1. The SMILES string of the molecule is Brc1ccc2[nH]c3c(c2c1)CCCC3NC(c1ccccc1)c1ccccc1. The molecule has 1 unspecified atom stereocenters. The molecule has 0 fully saturated rings. The highest BCUT2D eigenvalue weighted by Gasteiger charge is 2.27. The summed E-state index contributed by atoms with van der Waals surface area (Å²) in [6.45, 7) is 0. The van der Waals surface area contributed by atoms with Crippen LogP contribution in [-0.4, -0.2) is 4.98 Å². The first kappa shape index (κ1) is 17.7. The Morgan fingerprint density at radius 1 is 0.893 bits per heavy atom. The molecule has 2 N–H and O–H groups in total. The van der Waals surface area contributed by atoms with Crippen LogP contribution in [0.2, 0.25) is 0 Å². The zero-order valence-electron chi connectivity index (χ0n) is 15.7. The van der Waals surface area contributed by atoms with Crippen LogP contribution in [0.1, 0.15) is 47.3 Å². The van der Waals surface area contributed by atoms with Crippen molar-refractivity contribution in [2.75, 3.05) is 0 Å². The van der Waals surface area contributed by atoms with Crippen molar-refractivity contribution in [1.29, 1.82) is 0 Å². The van der Waals surface area contributed by atoms with E-state index in [1.807, 2.05) is 0 Å². The number of rotatable bonds is 4. The van der Waals surface area contributed by atoms with E-state index >= 15 is 0 Å². The highest BCUT2D eigenvalue weighted by molar-refractivity contribution is 9.10. The molecule has 0 saturated heterocycles. The van der Waals surface area contributed by atoms with Crippen molar-refractivity contribution in [2.45, 2.75) is 31.3 Å². The average molecular weight is 431 g/mol. The maximum Gasteiger partial charge on any atom is 0.0581 e. The smallest absolute Gasteiger partial charge is 0.0581 e. The van der Waals surface area contributed by atoms with Gasteiger partial charge in [0.05, 0.1) is 6.04 Å². The highest BCUT2D eigenvalue weighted by Crippen LogP contribution is 2.37. The minimum absolute atomic E-state index is 0.177. The fourth-order valence-corrected chi connectivity index (χ4v) is 4.84. The van der Waals surface area contributed by atoms with Gasteiger partial charge >= 0.3 is 0 Å². The van der Waals surface area contributed by atoms with Crippen LogP contribution in [0.15, 0.2) is 83.3 Å². The number of benzene rings is 3. The summed E-state index contributed by atoms with van der Waals surface area (Å²) in [6.07, 6.45) is 3.50. The zero-order chi connectivity index (χ0) is 18.9. The second kappa shape index (κ2) is 7.57. The van der Waals surface area contributed by atoms with E-state index in [-0.39, 0.29) is 6.04 Å². The number of halogens is 1. The van der Waals surface area contributed by atoms with E-state index in [4.69, 9.17) is 0 Å². The van der Waals surface area contributed by atoms with Crippen LogP contribution in [0.3, 0.4) is 0 Å². The van der Waals surface area contributed by atoms with Crippen molar-refractivity contribution in [1.82, 2.24) is 10.3 Å². The molecule has 4 aromatic rings. The molecule has 5 rings (SSSR count). The topological polar surface area (TPSA) is 27.8 Å². The van der Waals surface area contributed by atoms with Crippen molar-refractivity contribution in [3.63, 3.8) is 0 Å². The Labute approximate surface area is 174 Å². The first-order valence-electron chi connectivity index (χ1n) is 9.95. The van der Waals surface area contributed by atoms with Crippen LogP contribution in [0.25, 0.3) is 10.9 Å². The van der Waals surface area contributed by atoms with Gasteiger partial charge in [0.25, 0.3) is 0 Å². The van der Waals surface area contributed by atoms with Crippen LogP contribution in [-0.2, 0) is 6.42 Å². The van der Waals surface area contributed by atoms with Gasteiger partial charge in [0.1, 0.15) is 0 Å². The number of hydrogen-bond donors (Lipinski definition) is 2. The number of aromatic nitrogens is 1. The molecule has 0 amide bonds. The normalized spacial score (nSPS) is 16.4. The molecule has 3 heteroatoms. The third-order valence-electron chi connectivity index (χ3n) is 5.80. The van der Waals surface area contributed by atoms with Gasteiger partial charge in [0.15, 0.2) is 0 Å². The maximum atomic E-state index is 3.98. The first-order valence-corrected chi connectivity index (χ1v) is 10.7. The van der Waals surface area contributed by atoms with Gasteiger partial charge in [0.2, 0.25) is 0 Å². The van der Waals surface area contributed by atoms with Crippen LogP contribution < -0.4 is 5.32 Å². The van der Waals surface area contributed by atoms with E-state index < -0.39 is 0 Å². The molecule has 2 nitrogen and oxygen atoms in total. The molecule has 1 atom stereocenters. The molecule has 1 aliphatic carbocycles. The van der Waals surface area contributed by atoms with Gasteiger partial charge in [-0.3, -0.25) is 5.32 Å². The van der Waals surface area contributed by atoms with Crippen molar-refractivity contribution < 1.29 is 0 Å². The number of H-pyrrole nitrogens is 1. The number of aromatic amines is 1. The van der Waals surface area contributed by atoms with Gasteiger partial charge in [0, 0.05) is 27.1 Å². The lowest BCUT2D eigenvalue weighted by Gasteiger charge is -2.29. The zero-order valence-corrected chi connectivity index (χ0v) is 17.2. The molecule has 140 valence electrons. The summed E-state index contributed by atoms with van der Waals surface area (Å²) in [7, 11) is 0. The average Bonchev–Trinajstić information content (AvgIpc) is 3.12. The molecule has 0 bridgehead atoms. The fourth-order valence-electron chi connectivity index (χ4n) is 4.48. The van der Waals surface area contributed by atoms with Crippen LogP contribution in [0, 0.1) is 0 Å². The standard InChI is InChI=1S/C25H23BrN2/c26-19-14-15-22-21(16-19)20-12-7-13-23(25(20)27-22)28-24(17-8-3-1-4-9-17)18-10-5-2-6-11-18/h1-6,8-11,14-16,23-24,27-28H,7,12-13H2. The largest absolute Gasteiger partial charge is 0.357 e. The monoisotopic (exact) mass is 430 g/mol. The fraction of sp³-hybridized carbons (Fsp3) is 0.200. The Morgan fingerprint density at radius 2 is 1.57 bits per heavy atom. The molecule has 0 saturated carbocycles. The van der Waals surface area contributed by atoms with Crippen LogP contribution >= 0.6 is 15.9 Å². The first-order chi connectivity index (χ1) is 13.8. The molecule has 1 aliphatic rings. The summed E-state index contributed by atoms with van der Waals surface area (Å²) in [4.78, 5) is 3.72. The van der Waals surface area contributed by atoms with E-state index in [2.05, 4.69) is 105 Å². The Morgan fingerprint density at radius 3 is 2.25 bits per heavy atom. The van der Waals surface area contributed by atoms with Gasteiger partial charge < -0.3 is 4.98 Å². The lowest BCUT2D eigenvalue weighted by molar-refractivity contribution is 0.422. The Hall–Kier alpha value is -2.36. The van der Waals surface area contributed by atoms with Gasteiger partial charge in [-0.15, -0.1) is 0 Å². The molecule has 1 heterocycles. The number of nitrogens with one attached hydrogen (secondary N) is 2. The summed E-state index contributed by atoms with van der Waals surface area (Å²) in [6, 6.07) is 28.6. The molecule has 0 aliphatic heterocycles. The van der Waals surface area contributed by atoms with Crippen molar-refractivity contribution >= 4 is 26.8 Å². The third kappa shape index (κ3) is 3.30. The minimum atomic E-state index is 0.177. The maximum absolute atomic E-state index is 3.98. The molecule has 3 aromatic carbocycles. The van der Waals surface area contributed by atoms with Gasteiger partial charge in [-0.05, 0) is 54.2 Å². The van der Waals surface area contributed by atoms with Crippen LogP contribution in [0.4, 0.5) is 0 Å². The highest BCUT2D eigenvalue weighted by atomic mass is 79.9. The van der Waals surface area contributed by atoms with E-state index in [1.54, 1.807) is 0 Å². The lowest BCUT2D eigenvalue weighted by Crippen LogP contribution is -2.30. The summed E-state index contributed by atoms with van der Waals surface area (Å²) in [5.41, 5.74) is 6.67. The van der Waals surface area contributed by atoms with Gasteiger partial charge in [-0.1, -0.05) is 76.6 Å². The molecule has 28 heavy (non-hydrogen) atoms. The summed E-state index contributed by atoms with van der Waals surface area (Å²) < 4.78 is 1.14. The lowest BCUT2D eigenvalue weighted by atomic mass is 9.89.